The molecule has 142 valence electrons. The van der Waals surface area contributed by atoms with Crippen molar-refractivity contribution in [2.24, 2.45) is 10.7 Å². The maximum absolute atomic E-state index is 10.9. The number of aliphatic imine (C=N–C) groups is 1. The van der Waals surface area contributed by atoms with Crippen molar-refractivity contribution >= 4 is 28.6 Å². The number of aromatic nitrogens is 2. The summed E-state index contributed by atoms with van der Waals surface area (Å²) in [7, 11) is 0. The highest BCUT2D eigenvalue weighted by molar-refractivity contribution is 5.95. The monoisotopic (exact) mass is 380 g/mol. The zero-order valence-corrected chi connectivity index (χ0v) is 14.7. The Labute approximate surface area is 158 Å². The van der Waals surface area contributed by atoms with E-state index in [1.165, 1.54) is 12.1 Å². The SMILES string of the molecule is NC1=N[C@@H](c2ccc([N+](=O)[O-])cc2)n2c(nc3cc4c(cc32)OCCCO4)N1. The van der Waals surface area contributed by atoms with Crippen molar-refractivity contribution in [2.75, 3.05) is 18.5 Å². The number of nitrogens with one attached hydrogen (secondary N) is 1. The first-order chi connectivity index (χ1) is 13.6. The Hall–Kier alpha value is -3.82. The quantitative estimate of drug-likeness (QED) is 0.516. The Balaban J connectivity index is 1.66. The second-order valence-corrected chi connectivity index (χ2v) is 6.51. The molecule has 2 aromatic carbocycles. The van der Waals surface area contributed by atoms with Gasteiger partial charge in [0, 0.05) is 30.7 Å². The summed E-state index contributed by atoms with van der Waals surface area (Å²) >= 11 is 0. The number of hydrogen-bond acceptors (Lipinski definition) is 8. The Morgan fingerprint density at radius 2 is 1.89 bits per heavy atom. The van der Waals surface area contributed by atoms with Gasteiger partial charge in [-0.3, -0.25) is 20.0 Å². The third-order valence-corrected chi connectivity index (χ3v) is 4.71. The van der Waals surface area contributed by atoms with Gasteiger partial charge < -0.3 is 15.2 Å². The summed E-state index contributed by atoms with van der Waals surface area (Å²) in [5.74, 6) is 2.06. The molecule has 0 fully saturated rings. The molecule has 0 saturated heterocycles. The number of non-ortho nitro benzene ring substituents is 1. The Kier molecular flexibility index (Phi) is 3.57. The normalized spacial score (nSPS) is 18.0. The van der Waals surface area contributed by atoms with Gasteiger partial charge in [0.15, 0.2) is 23.6 Å². The number of benzene rings is 2. The van der Waals surface area contributed by atoms with E-state index in [9.17, 15) is 10.1 Å². The van der Waals surface area contributed by atoms with Crippen LogP contribution in [-0.2, 0) is 0 Å². The van der Waals surface area contributed by atoms with Crippen molar-refractivity contribution in [3.63, 3.8) is 0 Å². The molecule has 2 aliphatic heterocycles. The molecule has 28 heavy (non-hydrogen) atoms. The van der Waals surface area contributed by atoms with Gasteiger partial charge in [-0.2, -0.15) is 0 Å². The summed E-state index contributed by atoms with van der Waals surface area (Å²) in [5, 5.41) is 13.9. The summed E-state index contributed by atoms with van der Waals surface area (Å²) in [6, 6.07) is 9.96. The highest BCUT2D eigenvalue weighted by Gasteiger charge is 2.27. The minimum absolute atomic E-state index is 0.0150. The fourth-order valence-corrected chi connectivity index (χ4v) is 3.42. The van der Waals surface area contributed by atoms with Gasteiger partial charge in [0.25, 0.3) is 5.69 Å². The largest absolute Gasteiger partial charge is 0.489 e. The Morgan fingerprint density at radius 3 is 2.61 bits per heavy atom. The fourth-order valence-electron chi connectivity index (χ4n) is 3.42. The first-order valence-corrected chi connectivity index (χ1v) is 8.76. The molecule has 5 rings (SSSR count). The predicted molar refractivity (Wildman–Crippen MR) is 102 cm³/mol. The van der Waals surface area contributed by atoms with Gasteiger partial charge in [-0.15, -0.1) is 0 Å². The molecule has 0 spiro atoms. The van der Waals surface area contributed by atoms with E-state index in [4.69, 9.17) is 15.2 Å². The van der Waals surface area contributed by atoms with Crippen LogP contribution >= 0.6 is 0 Å². The molecule has 10 heteroatoms. The van der Waals surface area contributed by atoms with Crippen molar-refractivity contribution in [2.45, 2.75) is 12.6 Å². The number of hydrogen-bond donors (Lipinski definition) is 2. The topological polar surface area (TPSA) is 130 Å². The number of nitro groups is 1. The first-order valence-electron chi connectivity index (χ1n) is 8.76. The Morgan fingerprint density at radius 1 is 1.18 bits per heavy atom. The molecule has 10 nitrogen and oxygen atoms in total. The molecule has 1 aromatic heterocycles. The molecule has 0 aliphatic carbocycles. The number of nitro benzene ring substituents is 1. The van der Waals surface area contributed by atoms with E-state index in [-0.39, 0.29) is 11.6 Å². The molecule has 3 heterocycles. The van der Waals surface area contributed by atoms with Crippen LogP contribution in [0.3, 0.4) is 0 Å². The van der Waals surface area contributed by atoms with Crippen LogP contribution < -0.4 is 20.5 Å². The second kappa shape index (κ2) is 6.12. The van der Waals surface area contributed by atoms with E-state index in [2.05, 4.69) is 15.3 Å². The molecule has 2 aliphatic rings. The number of imidazole rings is 1. The number of ether oxygens (including phenoxy) is 2. The van der Waals surface area contributed by atoms with Gasteiger partial charge in [0.05, 0.1) is 29.2 Å². The van der Waals surface area contributed by atoms with Crippen LogP contribution in [0.15, 0.2) is 41.4 Å². The number of nitrogens with two attached hydrogens (primary N) is 1. The highest BCUT2D eigenvalue weighted by Crippen LogP contribution is 2.39. The van der Waals surface area contributed by atoms with E-state index in [0.29, 0.717) is 36.2 Å². The van der Waals surface area contributed by atoms with E-state index in [1.54, 1.807) is 12.1 Å². The van der Waals surface area contributed by atoms with Gasteiger partial charge in [-0.25, -0.2) is 9.98 Å². The minimum atomic E-state index is -0.508. The minimum Gasteiger partial charge on any atom is -0.489 e. The third-order valence-electron chi connectivity index (χ3n) is 4.71. The summed E-state index contributed by atoms with van der Waals surface area (Å²) < 4.78 is 13.4. The van der Waals surface area contributed by atoms with Crippen LogP contribution in [0.5, 0.6) is 11.5 Å². The lowest BCUT2D eigenvalue weighted by Gasteiger charge is -2.23. The average molecular weight is 380 g/mol. The zero-order chi connectivity index (χ0) is 19.3. The Bertz CT molecular complexity index is 1120. The highest BCUT2D eigenvalue weighted by atomic mass is 16.6. The smallest absolute Gasteiger partial charge is 0.269 e. The zero-order valence-electron chi connectivity index (χ0n) is 14.7. The van der Waals surface area contributed by atoms with Crippen LogP contribution in [0, 0.1) is 10.1 Å². The fraction of sp³-hybridized carbons (Fsp3) is 0.222. The van der Waals surface area contributed by atoms with Crippen LogP contribution in [0.1, 0.15) is 18.2 Å². The number of anilines is 1. The van der Waals surface area contributed by atoms with Gasteiger partial charge in [0.2, 0.25) is 5.95 Å². The van der Waals surface area contributed by atoms with Crippen LogP contribution in [0.4, 0.5) is 11.6 Å². The predicted octanol–water partition coefficient (Wildman–Crippen LogP) is 2.39. The van der Waals surface area contributed by atoms with Crippen LogP contribution in [-0.4, -0.2) is 33.6 Å². The molecule has 3 N–H and O–H groups in total. The summed E-state index contributed by atoms with van der Waals surface area (Å²) in [6.45, 7) is 1.17. The number of fused-ring (bicyclic) bond motifs is 4. The lowest BCUT2D eigenvalue weighted by atomic mass is 10.1. The van der Waals surface area contributed by atoms with E-state index < -0.39 is 11.1 Å². The van der Waals surface area contributed by atoms with Crippen molar-refractivity contribution in [3.8, 4) is 11.5 Å². The summed E-state index contributed by atoms with van der Waals surface area (Å²) in [6.07, 6.45) is 0.303. The van der Waals surface area contributed by atoms with E-state index in [0.717, 1.165) is 17.5 Å². The summed E-state index contributed by atoms with van der Waals surface area (Å²) in [4.78, 5) is 19.6. The first kappa shape index (κ1) is 16.4. The molecule has 0 radical (unpaired) electrons. The van der Waals surface area contributed by atoms with Crippen LogP contribution in [0.2, 0.25) is 0 Å². The van der Waals surface area contributed by atoms with Gasteiger partial charge in [-0.1, -0.05) is 0 Å². The average Bonchev–Trinajstić information content (AvgIpc) is 2.87. The third kappa shape index (κ3) is 2.57. The second-order valence-electron chi connectivity index (χ2n) is 6.51. The summed E-state index contributed by atoms with van der Waals surface area (Å²) in [5.41, 5.74) is 8.22. The maximum Gasteiger partial charge on any atom is 0.269 e. The van der Waals surface area contributed by atoms with E-state index in [1.807, 2.05) is 16.7 Å². The lowest BCUT2D eigenvalue weighted by Crippen LogP contribution is -2.31. The molecular weight excluding hydrogens is 364 g/mol. The molecular formula is C18H16N6O4. The van der Waals surface area contributed by atoms with Gasteiger partial charge in [0.1, 0.15) is 0 Å². The number of nitrogens with zero attached hydrogens (tertiary/aromatic N) is 4. The van der Waals surface area contributed by atoms with Gasteiger partial charge in [-0.05, 0) is 17.7 Å². The molecule has 0 bridgehead atoms. The lowest BCUT2D eigenvalue weighted by molar-refractivity contribution is -0.384. The van der Waals surface area contributed by atoms with Crippen molar-refractivity contribution in [1.29, 1.82) is 0 Å². The molecule has 0 unspecified atom stereocenters. The van der Waals surface area contributed by atoms with Crippen molar-refractivity contribution < 1.29 is 14.4 Å². The standard InChI is InChI=1S/C18H16N6O4/c19-17-21-16(10-2-4-11(5-3-10)24(25)26)23-13-9-15-14(27-6-1-7-28-15)8-12(13)20-18(23)22-17/h2-5,8-9,16H,1,6-7H2,(H3,19,20,21,22)/t16-/m1/s1. The van der Waals surface area contributed by atoms with Crippen molar-refractivity contribution in [1.82, 2.24) is 9.55 Å². The molecule has 0 saturated carbocycles. The molecule has 1 atom stereocenters. The van der Waals surface area contributed by atoms with Gasteiger partial charge >= 0.3 is 0 Å². The maximum atomic E-state index is 10.9. The number of guanidine groups is 1. The molecule has 0 amide bonds. The van der Waals surface area contributed by atoms with Crippen molar-refractivity contribution in [3.05, 3.63) is 52.1 Å². The number of rotatable bonds is 2. The van der Waals surface area contributed by atoms with E-state index >= 15 is 0 Å². The molecule has 3 aromatic rings. The van der Waals surface area contributed by atoms with Crippen LogP contribution in [0.25, 0.3) is 11.0 Å².